The second-order valence-electron chi connectivity index (χ2n) is 7.26. The lowest BCUT2D eigenvalue weighted by Gasteiger charge is -2.34. The first kappa shape index (κ1) is 20.2. The van der Waals surface area contributed by atoms with Crippen LogP contribution in [0.1, 0.15) is 31.5 Å². The lowest BCUT2D eigenvalue weighted by atomic mass is 10.0. The Hall–Kier alpha value is -2.57. The van der Waals surface area contributed by atoms with Crippen LogP contribution in [0.3, 0.4) is 0 Å². The summed E-state index contributed by atoms with van der Waals surface area (Å²) in [6.07, 6.45) is 8.08. The van der Waals surface area contributed by atoms with E-state index in [0.29, 0.717) is 6.04 Å². The van der Waals surface area contributed by atoms with Gasteiger partial charge in [-0.05, 0) is 50.8 Å². The molecule has 1 aromatic heterocycles. The van der Waals surface area contributed by atoms with Gasteiger partial charge < -0.3 is 20.1 Å². The van der Waals surface area contributed by atoms with Crippen LogP contribution in [0.25, 0.3) is 0 Å². The first-order valence-corrected chi connectivity index (χ1v) is 10.1. The highest BCUT2D eigenvalue weighted by atomic mass is 19.1. The van der Waals surface area contributed by atoms with Gasteiger partial charge in [-0.2, -0.15) is 0 Å². The van der Waals surface area contributed by atoms with Gasteiger partial charge in [-0.3, -0.25) is 4.99 Å². The normalized spacial score (nSPS) is 15.7. The van der Waals surface area contributed by atoms with Crippen LogP contribution in [0.15, 0.2) is 41.7 Å². The monoisotopic (exact) mass is 386 g/mol. The van der Waals surface area contributed by atoms with Crippen molar-refractivity contribution in [3.63, 3.8) is 0 Å². The largest absolute Gasteiger partial charge is 0.371 e. The number of hydrogen-bond donors (Lipinski definition) is 2. The molecule has 2 heterocycles. The van der Waals surface area contributed by atoms with Crippen molar-refractivity contribution in [3.05, 3.63) is 48.3 Å². The average Bonchev–Trinajstić information content (AvgIpc) is 3.12. The molecule has 28 heavy (non-hydrogen) atoms. The topological polar surface area (TPSA) is 57.5 Å². The van der Waals surface area contributed by atoms with Gasteiger partial charge in [0.15, 0.2) is 5.96 Å². The Kier molecular flexibility index (Phi) is 7.28. The van der Waals surface area contributed by atoms with Crippen LogP contribution < -0.4 is 15.5 Å². The first-order valence-electron chi connectivity index (χ1n) is 10.1. The summed E-state index contributed by atoms with van der Waals surface area (Å²) in [5, 5.41) is 6.94. The molecule has 2 N–H and O–H groups in total. The zero-order valence-corrected chi connectivity index (χ0v) is 16.9. The van der Waals surface area contributed by atoms with E-state index in [1.807, 2.05) is 32.4 Å². The van der Waals surface area contributed by atoms with Crippen molar-refractivity contribution in [1.82, 2.24) is 20.2 Å². The number of rotatable bonds is 7. The van der Waals surface area contributed by atoms with E-state index in [1.54, 1.807) is 12.1 Å². The standard InChI is InChI=1S/C21H31FN6/c1-17-24-11-15-27(17)12-4-3-10-25-21(23-2)26-19-8-13-28(14-9-19)20-7-5-6-18(22)16-20/h5-7,11,15-16,19H,3-4,8-10,12-14H2,1-2H3,(H2,23,25,26). The van der Waals surface area contributed by atoms with Crippen LogP contribution in [0.2, 0.25) is 0 Å². The summed E-state index contributed by atoms with van der Waals surface area (Å²) in [6, 6.07) is 7.24. The fraction of sp³-hybridized carbons (Fsp3) is 0.524. The highest BCUT2D eigenvalue weighted by molar-refractivity contribution is 5.79. The summed E-state index contributed by atoms with van der Waals surface area (Å²) in [4.78, 5) is 10.8. The van der Waals surface area contributed by atoms with E-state index in [9.17, 15) is 4.39 Å². The van der Waals surface area contributed by atoms with Gasteiger partial charge in [-0.1, -0.05) is 6.07 Å². The fourth-order valence-electron chi connectivity index (χ4n) is 3.60. The van der Waals surface area contributed by atoms with Gasteiger partial charge in [0.05, 0.1) is 0 Å². The van der Waals surface area contributed by atoms with Crippen molar-refractivity contribution in [2.24, 2.45) is 4.99 Å². The van der Waals surface area contributed by atoms with E-state index < -0.39 is 0 Å². The summed E-state index contributed by atoms with van der Waals surface area (Å²) in [6.45, 7) is 5.77. The maximum absolute atomic E-state index is 13.4. The number of unbranched alkanes of at least 4 members (excludes halogenated alkanes) is 1. The van der Waals surface area contributed by atoms with Gasteiger partial charge in [0.25, 0.3) is 0 Å². The molecule has 1 aromatic carbocycles. The molecule has 6 nitrogen and oxygen atoms in total. The smallest absolute Gasteiger partial charge is 0.191 e. The molecule has 0 saturated carbocycles. The molecule has 152 valence electrons. The molecule has 2 aromatic rings. The molecule has 1 fully saturated rings. The summed E-state index contributed by atoms with van der Waals surface area (Å²) in [7, 11) is 1.81. The number of nitrogens with zero attached hydrogens (tertiary/aromatic N) is 4. The van der Waals surface area contributed by atoms with Crippen molar-refractivity contribution >= 4 is 11.6 Å². The summed E-state index contributed by atoms with van der Waals surface area (Å²) in [5.41, 5.74) is 0.967. The quantitative estimate of drug-likeness (QED) is 0.436. The molecular weight excluding hydrogens is 355 g/mol. The minimum atomic E-state index is -0.175. The van der Waals surface area contributed by atoms with Crippen LogP contribution in [-0.2, 0) is 6.54 Å². The molecule has 0 radical (unpaired) electrons. The SMILES string of the molecule is CN=C(NCCCCn1ccnc1C)NC1CCN(c2cccc(F)c2)CC1. The molecule has 0 unspecified atom stereocenters. The molecule has 0 spiro atoms. The number of benzene rings is 1. The molecule has 3 rings (SSSR count). The van der Waals surface area contributed by atoms with E-state index in [-0.39, 0.29) is 5.82 Å². The number of hydrogen-bond acceptors (Lipinski definition) is 3. The van der Waals surface area contributed by atoms with Gasteiger partial charge in [-0.25, -0.2) is 9.37 Å². The summed E-state index contributed by atoms with van der Waals surface area (Å²) < 4.78 is 15.6. The van der Waals surface area contributed by atoms with Crippen LogP contribution in [-0.4, -0.2) is 48.2 Å². The number of aryl methyl sites for hydroxylation is 2. The molecule has 0 aliphatic carbocycles. The Morgan fingerprint density at radius 1 is 1.29 bits per heavy atom. The predicted molar refractivity (Wildman–Crippen MR) is 112 cm³/mol. The highest BCUT2D eigenvalue weighted by Crippen LogP contribution is 2.20. The average molecular weight is 387 g/mol. The number of nitrogens with one attached hydrogen (secondary N) is 2. The number of aliphatic imine (C=N–C) groups is 1. The number of anilines is 1. The Labute approximate surface area is 166 Å². The molecule has 1 aliphatic rings. The Morgan fingerprint density at radius 2 is 2.11 bits per heavy atom. The van der Waals surface area contributed by atoms with Crippen molar-refractivity contribution in [1.29, 1.82) is 0 Å². The van der Waals surface area contributed by atoms with Crippen molar-refractivity contribution < 1.29 is 4.39 Å². The van der Waals surface area contributed by atoms with Crippen molar-refractivity contribution in [2.75, 3.05) is 31.6 Å². The number of halogens is 1. The zero-order valence-electron chi connectivity index (χ0n) is 16.9. The lowest BCUT2D eigenvalue weighted by Crippen LogP contribution is -2.48. The van der Waals surface area contributed by atoms with Gasteiger partial charge >= 0.3 is 0 Å². The molecule has 1 aliphatic heterocycles. The van der Waals surface area contributed by atoms with Crippen molar-refractivity contribution in [2.45, 2.75) is 45.2 Å². The van der Waals surface area contributed by atoms with Crippen LogP contribution >= 0.6 is 0 Å². The lowest BCUT2D eigenvalue weighted by molar-refractivity contribution is 0.460. The van der Waals surface area contributed by atoms with Crippen LogP contribution in [0.4, 0.5) is 10.1 Å². The minimum Gasteiger partial charge on any atom is -0.371 e. The third kappa shape index (κ3) is 5.71. The van der Waals surface area contributed by atoms with Gasteiger partial charge in [0.2, 0.25) is 0 Å². The third-order valence-corrected chi connectivity index (χ3v) is 5.27. The van der Waals surface area contributed by atoms with E-state index >= 15 is 0 Å². The first-order chi connectivity index (χ1) is 13.7. The van der Waals surface area contributed by atoms with Gasteiger partial charge in [0, 0.05) is 57.3 Å². The van der Waals surface area contributed by atoms with E-state index in [1.165, 1.54) is 6.07 Å². The second-order valence-corrected chi connectivity index (χ2v) is 7.26. The number of imidazole rings is 1. The zero-order chi connectivity index (χ0) is 19.8. The number of piperidine rings is 1. The third-order valence-electron chi connectivity index (χ3n) is 5.27. The fourth-order valence-corrected chi connectivity index (χ4v) is 3.60. The van der Waals surface area contributed by atoms with Crippen LogP contribution in [0, 0.1) is 12.7 Å². The molecule has 0 atom stereocenters. The minimum absolute atomic E-state index is 0.175. The number of guanidine groups is 1. The Bertz CT molecular complexity index is 764. The highest BCUT2D eigenvalue weighted by Gasteiger charge is 2.20. The van der Waals surface area contributed by atoms with Crippen LogP contribution in [0.5, 0.6) is 0 Å². The maximum Gasteiger partial charge on any atom is 0.191 e. The summed E-state index contributed by atoms with van der Waals surface area (Å²) in [5.74, 6) is 1.75. The van der Waals surface area contributed by atoms with E-state index in [4.69, 9.17) is 0 Å². The Morgan fingerprint density at radius 3 is 2.79 bits per heavy atom. The van der Waals surface area contributed by atoms with Gasteiger partial charge in [-0.15, -0.1) is 0 Å². The molecule has 0 amide bonds. The summed E-state index contributed by atoms with van der Waals surface area (Å²) >= 11 is 0. The Balaban J connectivity index is 1.34. The molecule has 1 saturated heterocycles. The second kappa shape index (κ2) is 10.1. The molecular formula is C21H31FN6. The molecule has 0 bridgehead atoms. The number of aromatic nitrogens is 2. The predicted octanol–water partition coefficient (Wildman–Crippen LogP) is 2.94. The van der Waals surface area contributed by atoms with E-state index in [0.717, 1.165) is 69.3 Å². The molecule has 7 heteroatoms. The van der Waals surface area contributed by atoms with Crippen molar-refractivity contribution in [3.8, 4) is 0 Å². The van der Waals surface area contributed by atoms with Gasteiger partial charge in [0.1, 0.15) is 11.6 Å². The maximum atomic E-state index is 13.4. The van der Waals surface area contributed by atoms with E-state index in [2.05, 4.69) is 30.1 Å².